The van der Waals surface area contributed by atoms with E-state index in [0.717, 1.165) is 37.7 Å². The fourth-order valence-corrected chi connectivity index (χ4v) is 2.39. The maximum atomic E-state index is 11.8. The summed E-state index contributed by atoms with van der Waals surface area (Å²) in [4.78, 5) is 26.9. The van der Waals surface area contributed by atoms with Crippen molar-refractivity contribution in [3.05, 3.63) is 34.4 Å². The second-order valence-electron chi connectivity index (χ2n) is 5.02. The lowest BCUT2D eigenvalue weighted by molar-refractivity contribution is -0.182. The number of carboxylic acid groups (broad SMARTS) is 1. The molecule has 116 valence electrons. The number of carboxylic acids is 1. The summed E-state index contributed by atoms with van der Waals surface area (Å²) >= 11 is 0. The van der Waals surface area contributed by atoms with Crippen LogP contribution in [-0.4, -0.2) is 22.3 Å². The largest absolute Gasteiger partial charge is 0.478 e. The minimum Gasteiger partial charge on any atom is -0.478 e. The summed E-state index contributed by atoms with van der Waals surface area (Å²) in [5.41, 5.74) is 1.49. The Hall–Kier alpha value is -1.88. The van der Waals surface area contributed by atoms with Crippen LogP contribution in [-0.2, 0) is 17.7 Å². The average molecular weight is 294 g/mol. The van der Waals surface area contributed by atoms with E-state index in [2.05, 4.69) is 11.8 Å². The van der Waals surface area contributed by atoms with Gasteiger partial charge in [0.15, 0.2) is 0 Å². The summed E-state index contributed by atoms with van der Waals surface area (Å²) < 4.78 is 0. The molecule has 0 aliphatic rings. The number of hydrogen-bond acceptors (Lipinski definition) is 4. The van der Waals surface area contributed by atoms with Crippen LogP contribution in [0.4, 0.5) is 0 Å². The van der Waals surface area contributed by atoms with E-state index in [1.165, 1.54) is 6.07 Å². The summed E-state index contributed by atoms with van der Waals surface area (Å²) in [6, 6.07) is 3.17. The third kappa shape index (κ3) is 4.29. The lowest BCUT2D eigenvalue weighted by atomic mass is 9.90. The minimum absolute atomic E-state index is 0.0212. The zero-order valence-corrected chi connectivity index (χ0v) is 12.5. The average Bonchev–Trinajstić information content (AvgIpc) is 2.49. The van der Waals surface area contributed by atoms with Crippen molar-refractivity contribution in [1.29, 1.82) is 0 Å². The van der Waals surface area contributed by atoms with Gasteiger partial charge in [-0.15, -0.1) is 0 Å². The van der Waals surface area contributed by atoms with E-state index in [4.69, 9.17) is 5.26 Å². The number of unbranched alkanes of at least 4 members (excludes halogenated alkanes) is 2. The van der Waals surface area contributed by atoms with Gasteiger partial charge < -0.3 is 5.11 Å². The van der Waals surface area contributed by atoms with Crippen molar-refractivity contribution in [3.63, 3.8) is 0 Å². The third-order valence-electron chi connectivity index (χ3n) is 3.51. The summed E-state index contributed by atoms with van der Waals surface area (Å²) in [7, 11) is 0. The first-order valence-corrected chi connectivity index (χ1v) is 7.30. The van der Waals surface area contributed by atoms with Crippen molar-refractivity contribution in [2.24, 2.45) is 0 Å². The molecule has 0 saturated heterocycles. The molecule has 0 heterocycles. The molecule has 1 aromatic carbocycles. The molecule has 0 saturated carbocycles. The van der Waals surface area contributed by atoms with Gasteiger partial charge in [0.05, 0.1) is 11.1 Å². The van der Waals surface area contributed by atoms with Crippen molar-refractivity contribution in [3.8, 4) is 0 Å². The molecule has 0 fully saturated rings. The van der Waals surface area contributed by atoms with Gasteiger partial charge >= 0.3 is 11.9 Å². The number of carbonyl (C=O) groups is 2. The first-order chi connectivity index (χ1) is 10.1. The van der Waals surface area contributed by atoms with Gasteiger partial charge in [-0.25, -0.2) is 9.59 Å². The van der Waals surface area contributed by atoms with Crippen LogP contribution in [0.25, 0.3) is 0 Å². The Labute approximate surface area is 124 Å². The highest BCUT2D eigenvalue weighted by molar-refractivity contribution is 6.03. The summed E-state index contributed by atoms with van der Waals surface area (Å²) in [6.07, 6.45) is 5.11. The predicted octanol–water partition coefficient (Wildman–Crippen LogP) is 3.70. The Kier molecular flexibility index (Phi) is 6.88. The zero-order chi connectivity index (χ0) is 15.8. The van der Waals surface area contributed by atoms with Crippen molar-refractivity contribution < 1.29 is 24.8 Å². The van der Waals surface area contributed by atoms with Crippen LogP contribution in [0.3, 0.4) is 0 Å². The van der Waals surface area contributed by atoms with E-state index >= 15 is 0 Å². The van der Waals surface area contributed by atoms with Crippen molar-refractivity contribution in [2.75, 3.05) is 0 Å². The van der Waals surface area contributed by atoms with E-state index < -0.39 is 11.9 Å². The van der Waals surface area contributed by atoms with Gasteiger partial charge in [0.2, 0.25) is 0 Å². The molecule has 0 bridgehead atoms. The lowest BCUT2D eigenvalue weighted by Gasteiger charge is -2.15. The van der Waals surface area contributed by atoms with Gasteiger partial charge in [-0.2, -0.15) is 5.26 Å². The molecule has 2 N–H and O–H groups in total. The molecular formula is C16H22O5. The molecule has 0 radical (unpaired) electrons. The number of aromatic carboxylic acids is 1. The zero-order valence-electron chi connectivity index (χ0n) is 12.5. The van der Waals surface area contributed by atoms with E-state index in [0.29, 0.717) is 12.0 Å². The standard InChI is InChI=1S/C16H22O5/c1-3-5-7-11-9-10-13(15(17)18)14(16(19)21-20)12(11)8-6-4-2/h9-10,20H,3-8H2,1-2H3,(H,17,18). The number of hydrogen-bond donors (Lipinski definition) is 2. The van der Waals surface area contributed by atoms with Gasteiger partial charge in [0, 0.05) is 0 Å². The SMILES string of the molecule is CCCCc1ccc(C(=O)O)c(C(=O)OO)c1CCCC. The normalized spacial score (nSPS) is 10.4. The number of benzene rings is 1. The monoisotopic (exact) mass is 294 g/mol. The van der Waals surface area contributed by atoms with E-state index in [9.17, 15) is 14.7 Å². The van der Waals surface area contributed by atoms with Crippen LogP contribution in [0, 0.1) is 0 Å². The van der Waals surface area contributed by atoms with Crippen LogP contribution >= 0.6 is 0 Å². The Balaban J connectivity index is 3.40. The van der Waals surface area contributed by atoms with Crippen molar-refractivity contribution >= 4 is 11.9 Å². The number of carbonyl (C=O) groups excluding carboxylic acids is 1. The Morgan fingerprint density at radius 3 is 2.24 bits per heavy atom. The number of rotatable bonds is 8. The highest BCUT2D eigenvalue weighted by Gasteiger charge is 2.24. The van der Waals surface area contributed by atoms with Crippen LogP contribution in [0.1, 0.15) is 71.4 Å². The predicted molar refractivity (Wildman–Crippen MR) is 78.7 cm³/mol. The first-order valence-electron chi connectivity index (χ1n) is 7.30. The Bertz CT molecular complexity index is 508. The molecule has 0 spiro atoms. The Morgan fingerprint density at radius 2 is 1.71 bits per heavy atom. The Morgan fingerprint density at radius 1 is 1.10 bits per heavy atom. The molecule has 21 heavy (non-hydrogen) atoms. The topological polar surface area (TPSA) is 83.8 Å². The maximum Gasteiger partial charge on any atom is 0.373 e. The minimum atomic E-state index is -1.20. The van der Waals surface area contributed by atoms with E-state index in [1.54, 1.807) is 6.07 Å². The highest BCUT2D eigenvalue weighted by atomic mass is 17.1. The van der Waals surface area contributed by atoms with Crippen LogP contribution in [0.15, 0.2) is 12.1 Å². The second-order valence-corrected chi connectivity index (χ2v) is 5.02. The maximum absolute atomic E-state index is 11.8. The molecule has 0 aliphatic heterocycles. The van der Waals surface area contributed by atoms with Crippen LogP contribution < -0.4 is 0 Å². The van der Waals surface area contributed by atoms with Gasteiger partial charge in [-0.3, -0.25) is 4.89 Å². The molecule has 0 unspecified atom stereocenters. The quantitative estimate of drug-likeness (QED) is 0.564. The van der Waals surface area contributed by atoms with Crippen molar-refractivity contribution in [2.45, 2.75) is 52.4 Å². The van der Waals surface area contributed by atoms with E-state index in [1.807, 2.05) is 6.92 Å². The smallest absolute Gasteiger partial charge is 0.373 e. The lowest BCUT2D eigenvalue weighted by Crippen LogP contribution is -2.15. The van der Waals surface area contributed by atoms with Gasteiger partial charge in [0.1, 0.15) is 0 Å². The fourth-order valence-electron chi connectivity index (χ4n) is 2.39. The van der Waals surface area contributed by atoms with Crippen molar-refractivity contribution in [1.82, 2.24) is 0 Å². The van der Waals surface area contributed by atoms with Crippen LogP contribution in [0.2, 0.25) is 0 Å². The molecule has 0 aromatic heterocycles. The first kappa shape index (κ1) is 17.2. The van der Waals surface area contributed by atoms with E-state index in [-0.39, 0.29) is 11.1 Å². The molecule has 0 amide bonds. The molecule has 0 aliphatic carbocycles. The molecule has 0 atom stereocenters. The van der Waals surface area contributed by atoms with Gasteiger partial charge in [0.25, 0.3) is 0 Å². The third-order valence-corrected chi connectivity index (χ3v) is 3.51. The highest BCUT2D eigenvalue weighted by Crippen LogP contribution is 2.24. The molecule has 1 rings (SSSR count). The molecule has 1 aromatic rings. The summed E-state index contributed by atoms with van der Waals surface area (Å²) in [5.74, 6) is -2.20. The van der Waals surface area contributed by atoms with Gasteiger partial charge in [-0.05, 0) is 42.9 Å². The summed E-state index contributed by atoms with van der Waals surface area (Å²) in [5, 5.41) is 17.9. The van der Waals surface area contributed by atoms with Crippen LogP contribution in [0.5, 0.6) is 0 Å². The molecular weight excluding hydrogens is 272 g/mol. The second kappa shape index (κ2) is 8.42. The number of aryl methyl sites for hydroxylation is 1. The molecule has 5 heteroatoms. The fraction of sp³-hybridized carbons (Fsp3) is 0.500. The molecule has 5 nitrogen and oxygen atoms in total. The van der Waals surface area contributed by atoms with Gasteiger partial charge in [-0.1, -0.05) is 32.8 Å². The summed E-state index contributed by atoms with van der Waals surface area (Å²) in [6.45, 7) is 4.09.